The van der Waals surface area contributed by atoms with E-state index < -0.39 is 0 Å². The molecule has 1 rings (SSSR count). The van der Waals surface area contributed by atoms with Crippen LogP contribution in [0.5, 0.6) is 0 Å². The van der Waals surface area contributed by atoms with Crippen LogP contribution in [0.15, 0.2) is 6.20 Å². The molecule has 0 aromatic carbocycles. The zero-order chi connectivity index (χ0) is 9.68. The van der Waals surface area contributed by atoms with E-state index in [-0.39, 0.29) is 6.04 Å². The third kappa shape index (κ3) is 3.04. The molecule has 13 heavy (non-hydrogen) atoms. The molecule has 1 aromatic rings. The lowest BCUT2D eigenvalue weighted by Gasteiger charge is -2.12. The summed E-state index contributed by atoms with van der Waals surface area (Å²) in [6.45, 7) is 5.23. The summed E-state index contributed by atoms with van der Waals surface area (Å²) in [6.07, 6.45) is 1.84. The zero-order valence-electron chi connectivity index (χ0n) is 7.91. The van der Waals surface area contributed by atoms with E-state index in [0.717, 1.165) is 9.88 Å². The molecule has 0 fully saturated rings. The Morgan fingerprint density at radius 2 is 2.54 bits per heavy atom. The molecule has 3 N–H and O–H groups in total. The van der Waals surface area contributed by atoms with Gasteiger partial charge in [0.25, 0.3) is 0 Å². The summed E-state index contributed by atoms with van der Waals surface area (Å²) in [5.74, 6) is 5.40. The first-order valence-electron chi connectivity index (χ1n) is 4.24. The van der Waals surface area contributed by atoms with Crippen LogP contribution in [-0.2, 0) is 4.74 Å². The van der Waals surface area contributed by atoms with Crippen LogP contribution in [0, 0.1) is 6.92 Å². The number of nitrogens with one attached hydrogen (secondary N) is 1. The fraction of sp³-hybridized carbons (Fsp3) is 0.625. The molecule has 0 bridgehead atoms. The molecule has 1 unspecified atom stereocenters. The van der Waals surface area contributed by atoms with Gasteiger partial charge in [-0.05, 0) is 13.8 Å². The number of hydrazine groups is 1. The van der Waals surface area contributed by atoms with Crippen molar-refractivity contribution < 1.29 is 4.74 Å². The summed E-state index contributed by atoms with van der Waals surface area (Å²) in [6, 6.07) is 0.0612. The van der Waals surface area contributed by atoms with E-state index in [2.05, 4.69) is 10.4 Å². The lowest BCUT2D eigenvalue weighted by Crippen LogP contribution is -2.30. The SMILES string of the molecule is CCOCC(NN)c1cnc(C)s1. The van der Waals surface area contributed by atoms with Gasteiger partial charge in [0.2, 0.25) is 0 Å². The van der Waals surface area contributed by atoms with Gasteiger partial charge in [-0.2, -0.15) is 0 Å². The van der Waals surface area contributed by atoms with Crippen molar-refractivity contribution >= 4 is 11.3 Å². The molecule has 0 aliphatic rings. The predicted molar refractivity (Wildman–Crippen MR) is 53.4 cm³/mol. The quantitative estimate of drug-likeness (QED) is 0.551. The molecule has 5 heteroatoms. The second-order valence-corrected chi connectivity index (χ2v) is 3.93. The Morgan fingerprint density at radius 3 is 3.00 bits per heavy atom. The first kappa shape index (κ1) is 10.6. The van der Waals surface area contributed by atoms with Crippen LogP contribution in [0.25, 0.3) is 0 Å². The van der Waals surface area contributed by atoms with Crippen LogP contribution in [-0.4, -0.2) is 18.2 Å². The van der Waals surface area contributed by atoms with Crippen molar-refractivity contribution in [2.24, 2.45) is 5.84 Å². The number of hydrogen-bond acceptors (Lipinski definition) is 5. The van der Waals surface area contributed by atoms with Gasteiger partial charge in [0, 0.05) is 17.7 Å². The van der Waals surface area contributed by atoms with Gasteiger partial charge in [-0.1, -0.05) is 0 Å². The van der Waals surface area contributed by atoms with Crippen LogP contribution >= 0.6 is 11.3 Å². The minimum Gasteiger partial charge on any atom is -0.380 e. The van der Waals surface area contributed by atoms with Crippen LogP contribution in [0.3, 0.4) is 0 Å². The second kappa shape index (κ2) is 5.29. The largest absolute Gasteiger partial charge is 0.380 e. The van der Waals surface area contributed by atoms with E-state index in [1.54, 1.807) is 11.3 Å². The van der Waals surface area contributed by atoms with E-state index in [1.807, 2.05) is 20.0 Å². The van der Waals surface area contributed by atoms with E-state index in [4.69, 9.17) is 10.6 Å². The van der Waals surface area contributed by atoms with Gasteiger partial charge in [0.1, 0.15) is 0 Å². The van der Waals surface area contributed by atoms with E-state index in [9.17, 15) is 0 Å². The molecule has 0 aliphatic carbocycles. The minimum atomic E-state index is 0.0612. The fourth-order valence-electron chi connectivity index (χ4n) is 0.987. The Morgan fingerprint density at radius 1 is 1.77 bits per heavy atom. The van der Waals surface area contributed by atoms with Crippen LogP contribution < -0.4 is 11.3 Å². The minimum absolute atomic E-state index is 0.0612. The Labute approximate surface area is 82.1 Å². The molecule has 4 nitrogen and oxygen atoms in total. The average Bonchev–Trinajstić information content (AvgIpc) is 2.54. The smallest absolute Gasteiger partial charge is 0.0897 e. The molecule has 1 atom stereocenters. The van der Waals surface area contributed by atoms with Gasteiger partial charge in [-0.15, -0.1) is 11.3 Å². The highest BCUT2D eigenvalue weighted by molar-refractivity contribution is 7.11. The van der Waals surface area contributed by atoms with Crippen molar-refractivity contribution in [2.75, 3.05) is 13.2 Å². The van der Waals surface area contributed by atoms with Crippen molar-refractivity contribution in [1.29, 1.82) is 0 Å². The lowest BCUT2D eigenvalue weighted by molar-refractivity contribution is 0.124. The Kier molecular flexibility index (Phi) is 4.31. The molecule has 0 saturated carbocycles. The highest BCUT2D eigenvalue weighted by atomic mass is 32.1. The molecular formula is C8H15N3OS. The number of thiazole rings is 1. The Balaban J connectivity index is 2.56. The number of aromatic nitrogens is 1. The molecule has 1 aromatic heterocycles. The Hall–Kier alpha value is -0.490. The molecule has 1 heterocycles. The molecule has 0 amide bonds. The van der Waals surface area contributed by atoms with E-state index in [0.29, 0.717) is 13.2 Å². The second-order valence-electron chi connectivity index (χ2n) is 2.66. The summed E-state index contributed by atoms with van der Waals surface area (Å²) in [5, 5.41) is 1.05. The maximum atomic E-state index is 5.40. The molecule has 0 radical (unpaired) electrons. The molecule has 0 aliphatic heterocycles. The van der Waals surface area contributed by atoms with Gasteiger partial charge < -0.3 is 4.74 Å². The topological polar surface area (TPSA) is 60.2 Å². The van der Waals surface area contributed by atoms with Crippen LogP contribution in [0.1, 0.15) is 22.9 Å². The standard InChI is InChI=1S/C8H15N3OS/c1-3-12-5-7(11-9)8-4-10-6(2)13-8/h4,7,11H,3,5,9H2,1-2H3. The monoisotopic (exact) mass is 201 g/mol. The number of nitrogens with two attached hydrogens (primary N) is 1. The van der Waals surface area contributed by atoms with Crippen molar-refractivity contribution in [3.05, 3.63) is 16.1 Å². The highest BCUT2D eigenvalue weighted by Crippen LogP contribution is 2.19. The number of hydrogen-bond donors (Lipinski definition) is 2. The first-order chi connectivity index (χ1) is 6.27. The van der Waals surface area contributed by atoms with Gasteiger partial charge in [0.05, 0.1) is 17.7 Å². The normalized spacial score (nSPS) is 13.2. The van der Waals surface area contributed by atoms with Gasteiger partial charge >= 0.3 is 0 Å². The third-order valence-electron chi connectivity index (χ3n) is 1.67. The summed E-state index contributed by atoms with van der Waals surface area (Å²) < 4.78 is 5.29. The zero-order valence-corrected chi connectivity index (χ0v) is 8.73. The van der Waals surface area contributed by atoms with Crippen LogP contribution in [0.4, 0.5) is 0 Å². The number of ether oxygens (including phenoxy) is 1. The summed E-state index contributed by atoms with van der Waals surface area (Å²) in [5.41, 5.74) is 2.71. The highest BCUT2D eigenvalue weighted by Gasteiger charge is 2.11. The molecular weight excluding hydrogens is 186 g/mol. The summed E-state index contributed by atoms with van der Waals surface area (Å²) >= 11 is 1.64. The van der Waals surface area contributed by atoms with Gasteiger partial charge in [0.15, 0.2) is 0 Å². The van der Waals surface area contributed by atoms with Gasteiger partial charge in [-0.3, -0.25) is 5.84 Å². The number of rotatable bonds is 5. The maximum absolute atomic E-state index is 5.40. The van der Waals surface area contributed by atoms with Crippen molar-refractivity contribution in [3.63, 3.8) is 0 Å². The van der Waals surface area contributed by atoms with E-state index >= 15 is 0 Å². The first-order valence-corrected chi connectivity index (χ1v) is 5.05. The van der Waals surface area contributed by atoms with E-state index in [1.165, 1.54) is 0 Å². The third-order valence-corrected chi connectivity index (χ3v) is 2.70. The number of nitrogens with zero attached hydrogens (tertiary/aromatic N) is 1. The summed E-state index contributed by atoms with van der Waals surface area (Å²) in [4.78, 5) is 5.28. The lowest BCUT2D eigenvalue weighted by atomic mass is 10.3. The predicted octanol–water partition coefficient (Wildman–Crippen LogP) is 0.992. The molecule has 74 valence electrons. The van der Waals surface area contributed by atoms with Crippen molar-refractivity contribution in [1.82, 2.24) is 10.4 Å². The molecule has 0 saturated heterocycles. The molecule has 0 spiro atoms. The van der Waals surface area contributed by atoms with Crippen molar-refractivity contribution in [3.8, 4) is 0 Å². The Bertz CT molecular complexity index is 251. The maximum Gasteiger partial charge on any atom is 0.0897 e. The van der Waals surface area contributed by atoms with Crippen LogP contribution in [0.2, 0.25) is 0 Å². The average molecular weight is 201 g/mol. The fourth-order valence-corrected chi connectivity index (χ4v) is 1.82. The number of aryl methyl sites for hydroxylation is 1. The van der Waals surface area contributed by atoms with Crippen molar-refractivity contribution in [2.45, 2.75) is 19.9 Å². The summed E-state index contributed by atoms with van der Waals surface area (Å²) in [7, 11) is 0. The van der Waals surface area contributed by atoms with Gasteiger partial charge in [-0.25, -0.2) is 10.4 Å².